The minimum atomic E-state index is 0.273. The van der Waals surface area contributed by atoms with E-state index < -0.39 is 0 Å². The van der Waals surface area contributed by atoms with Gasteiger partial charge in [-0.15, -0.1) is 0 Å². The Balaban J connectivity index is 2.48. The summed E-state index contributed by atoms with van der Waals surface area (Å²) in [7, 11) is 0. The van der Waals surface area contributed by atoms with E-state index >= 15 is 0 Å². The van der Waals surface area contributed by atoms with Gasteiger partial charge in [0.15, 0.2) is 0 Å². The van der Waals surface area contributed by atoms with Crippen LogP contribution < -0.4 is 0 Å². The van der Waals surface area contributed by atoms with Crippen LogP contribution in [-0.4, -0.2) is 11.7 Å². The largest absolute Gasteiger partial charge is 0.396 e. The zero-order valence-electron chi connectivity index (χ0n) is 6.76. The molecule has 1 unspecified atom stereocenters. The van der Waals surface area contributed by atoms with E-state index in [2.05, 4.69) is 28.1 Å². The number of benzene rings is 1. The molecule has 0 spiro atoms. The highest BCUT2D eigenvalue weighted by atomic mass is 79.9. The van der Waals surface area contributed by atoms with E-state index in [1.165, 1.54) is 11.1 Å². The highest BCUT2D eigenvalue weighted by molar-refractivity contribution is 9.10. The first-order valence-corrected chi connectivity index (χ1v) is 5.00. The van der Waals surface area contributed by atoms with Gasteiger partial charge in [0.1, 0.15) is 0 Å². The molecular formula is C10H11BrO. The molecule has 0 saturated heterocycles. The van der Waals surface area contributed by atoms with E-state index in [1.54, 1.807) is 0 Å². The van der Waals surface area contributed by atoms with E-state index in [0.717, 1.165) is 17.3 Å². The van der Waals surface area contributed by atoms with Crippen molar-refractivity contribution in [1.82, 2.24) is 0 Å². The Kier molecular flexibility index (Phi) is 2.20. The van der Waals surface area contributed by atoms with Gasteiger partial charge in [-0.25, -0.2) is 0 Å². The molecule has 1 aromatic rings. The van der Waals surface area contributed by atoms with Crippen LogP contribution >= 0.6 is 15.9 Å². The lowest BCUT2D eigenvalue weighted by Crippen LogP contribution is -1.99. The zero-order chi connectivity index (χ0) is 8.55. The molecule has 0 fully saturated rings. The fraction of sp³-hybridized carbons (Fsp3) is 0.400. The van der Waals surface area contributed by atoms with Crippen molar-refractivity contribution < 1.29 is 5.11 Å². The molecule has 0 heterocycles. The first kappa shape index (κ1) is 8.27. The summed E-state index contributed by atoms with van der Waals surface area (Å²) in [5.74, 6) is 0.357. The van der Waals surface area contributed by atoms with E-state index in [-0.39, 0.29) is 6.61 Å². The molecule has 0 aromatic heterocycles. The third-order valence-electron chi connectivity index (χ3n) is 2.53. The van der Waals surface area contributed by atoms with Crippen LogP contribution in [0, 0.1) is 0 Å². The van der Waals surface area contributed by atoms with Gasteiger partial charge in [-0.3, -0.25) is 0 Å². The summed E-state index contributed by atoms with van der Waals surface area (Å²) in [4.78, 5) is 0. The molecule has 0 amide bonds. The second kappa shape index (κ2) is 3.19. The minimum Gasteiger partial charge on any atom is -0.396 e. The molecule has 12 heavy (non-hydrogen) atoms. The third kappa shape index (κ3) is 1.19. The molecule has 1 aliphatic carbocycles. The standard InChI is InChI=1S/C10H11BrO/c11-9-3-1-2-7-4-5-8(6-12)10(7)9/h1-3,8,12H,4-6H2. The van der Waals surface area contributed by atoms with Crippen molar-refractivity contribution in [3.8, 4) is 0 Å². The number of hydrogen-bond donors (Lipinski definition) is 1. The van der Waals surface area contributed by atoms with Crippen LogP contribution in [0.2, 0.25) is 0 Å². The van der Waals surface area contributed by atoms with Gasteiger partial charge in [0, 0.05) is 17.0 Å². The Bertz CT molecular complexity index is 296. The molecule has 1 N–H and O–H groups in total. The maximum Gasteiger partial charge on any atom is 0.0500 e. The normalized spacial score (nSPS) is 21.0. The van der Waals surface area contributed by atoms with Gasteiger partial charge in [0.25, 0.3) is 0 Å². The van der Waals surface area contributed by atoms with E-state index in [4.69, 9.17) is 5.11 Å². The van der Waals surface area contributed by atoms with Crippen LogP contribution in [0.25, 0.3) is 0 Å². The van der Waals surface area contributed by atoms with Gasteiger partial charge in [0.2, 0.25) is 0 Å². The smallest absolute Gasteiger partial charge is 0.0500 e. The fourth-order valence-corrected chi connectivity index (χ4v) is 2.64. The van der Waals surface area contributed by atoms with Crippen molar-refractivity contribution in [2.24, 2.45) is 0 Å². The molecule has 1 aromatic carbocycles. The van der Waals surface area contributed by atoms with Gasteiger partial charge < -0.3 is 5.11 Å². The van der Waals surface area contributed by atoms with Gasteiger partial charge in [-0.05, 0) is 30.0 Å². The Labute approximate surface area is 80.5 Å². The molecule has 2 rings (SSSR count). The number of halogens is 1. The molecule has 1 atom stereocenters. The average Bonchev–Trinajstić information content (AvgIpc) is 2.49. The predicted molar refractivity (Wildman–Crippen MR) is 52.3 cm³/mol. The maximum absolute atomic E-state index is 9.12. The Hall–Kier alpha value is -0.340. The SMILES string of the molecule is OCC1CCc2cccc(Br)c21. The number of aryl methyl sites for hydroxylation is 1. The topological polar surface area (TPSA) is 20.2 Å². The molecule has 1 aliphatic rings. The summed E-state index contributed by atoms with van der Waals surface area (Å²) in [6.07, 6.45) is 2.20. The summed E-state index contributed by atoms with van der Waals surface area (Å²) in [6, 6.07) is 6.26. The molecule has 0 saturated carbocycles. The Morgan fingerprint density at radius 3 is 3.08 bits per heavy atom. The number of hydrogen-bond acceptors (Lipinski definition) is 1. The molecule has 0 radical (unpaired) electrons. The number of aliphatic hydroxyl groups is 1. The van der Waals surface area contributed by atoms with Crippen molar-refractivity contribution >= 4 is 15.9 Å². The van der Waals surface area contributed by atoms with Gasteiger partial charge in [-0.1, -0.05) is 28.1 Å². The van der Waals surface area contributed by atoms with Crippen LogP contribution in [0.4, 0.5) is 0 Å². The number of fused-ring (bicyclic) bond motifs is 1. The highest BCUT2D eigenvalue weighted by Crippen LogP contribution is 2.37. The second-order valence-electron chi connectivity index (χ2n) is 3.23. The molecular weight excluding hydrogens is 216 g/mol. The summed E-state index contributed by atoms with van der Waals surface area (Å²) in [6.45, 7) is 0.273. The lowest BCUT2D eigenvalue weighted by atomic mass is 10.0. The minimum absolute atomic E-state index is 0.273. The zero-order valence-corrected chi connectivity index (χ0v) is 8.34. The first-order chi connectivity index (χ1) is 5.83. The maximum atomic E-state index is 9.12. The predicted octanol–water partition coefficient (Wildman–Crippen LogP) is 2.47. The Morgan fingerprint density at radius 2 is 2.33 bits per heavy atom. The second-order valence-corrected chi connectivity index (χ2v) is 4.09. The quantitative estimate of drug-likeness (QED) is 0.781. The van der Waals surface area contributed by atoms with Gasteiger partial charge in [-0.2, -0.15) is 0 Å². The molecule has 2 heteroatoms. The van der Waals surface area contributed by atoms with Crippen LogP contribution in [0.15, 0.2) is 22.7 Å². The van der Waals surface area contributed by atoms with Crippen LogP contribution in [0.3, 0.4) is 0 Å². The third-order valence-corrected chi connectivity index (χ3v) is 3.23. The van der Waals surface area contributed by atoms with E-state index in [1.807, 2.05) is 6.07 Å². The lowest BCUT2D eigenvalue weighted by Gasteiger charge is -2.08. The van der Waals surface area contributed by atoms with Crippen LogP contribution in [0.1, 0.15) is 23.5 Å². The highest BCUT2D eigenvalue weighted by Gasteiger charge is 2.23. The van der Waals surface area contributed by atoms with E-state index in [0.29, 0.717) is 5.92 Å². The lowest BCUT2D eigenvalue weighted by molar-refractivity contribution is 0.265. The first-order valence-electron chi connectivity index (χ1n) is 4.21. The molecule has 1 nitrogen and oxygen atoms in total. The summed E-state index contributed by atoms with van der Waals surface area (Å²) in [5.41, 5.74) is 2.71. The number of aliphatic hydroxyl groups excluding tert-OH is 1. The molecule has 0 bridgehead atoms. The summed E-state index contributed by atoms with van der Waals surface area (Å²) in [5, 5.41) is 9.12. The van der Waals surface area contributed by atoms with Gasteiger partial charge in [0.05, 0.1) is 0 Å². The monoisotopic (exact) mass is 226 g/mol. The van der Waals surface area contributed by atoms with Crippen molar-refractivity contribution in [2.45, 2.75) is 18.8 Å². The molecule has 64 valence electrons. The van der Waals surface area contributed by atoms with E-state index in [9.17, 15) is 0 Å². The van der Waals surface area contributed by atoms with Crippen molar-refractivity contribution in [1.29, 1.82) is 0 Å². The van der Waals surface area contributed by atoms with Crippen LogP contribution in [-0.2, 0) is 6.42 Å². The van der Waals surface area contributed by atoms with Crippen molar-refractivity contribution in [3.63, 3.8) is 0 Å². The average molecular weight is 227 g/mol. The van der Waals surface area contributed by atoms with Crippen molar-refractivity contribution in [2.75, 3.05) is 6.61 Å². The summed E-state index contributed by atoms with van der Waals surface area (Å²) >= 11 is 3.52. The Morgan fingerprint density at radius 1 is 1.50 bits per heavy atom. The number of rotatable bonds is 1. The van der Waals surface area contributed by atoms with Crippen LogP contribution in [0.5, 0.6) is 0 Å². The molecule has 0 aliphatic heterocycles. The van der Waals surface area contributed by atoms with Crippen molar-refractivity contribution in [3.05, 3.63) is 33.8 Å². The van der Waals surface area contributed by atoms with Gasteiger partial charge >= 0.3 is 0 Å². The fourth-order valence-electron chi connectivity index (χ4n) is 1.91. The summed E-state index contributed by atoms with van der Waals surface area (Å²) < 4.78 is 1.15.